The van der Waals surface area contributed by atoms with E-state index in [1.807, 2.05) is 35.9 Å². The number of rotatable bonds is 5. The highest BCUT2D eigenvalue weighted by Gasteiger charge is 2.16. The number of sulfonamides is 1. The average molecular weight is 371 g/mol. The van der Waals surface area contributed by atoms with Gasteiger partial charge in [-0.15, -0.1) is 0 Å². The molecule has 1 aromatic heterocycles. The van der Waals surface area contributed by atoms with Crippen molar-refractivity contribution in [2.45, 2.75) is 24.8 Å². The minimum absolute atomic E-state index is 0.161. The summed E-state index contributed by atoms with van der Waals surface area (Å²) in [6.45, 7) is 3.52. The molecule has 0 aliphatic rings. The van der Waals surface area contributed by atoms with Gasteiger partial charge in [0.15, 0.2) is 0 Å². The molecule has 6 nitrogen and oxygen atoms in total. The van der Waals surface area contributed by atoms with Crippen LogP contribution in [0.5, 0.6) is 0 Å². The average Bonchev–Trinajstić information content (AvgIpc) is 2.92. The summed E-state index contributed by atoms with van der Waals surface area (Å²) in [5.74, 6) is -0.238. The van der Waals surface area contributed by atoms with E-state index < -0.39 is 10.0 Å². The lowest BCUT2D eigenvalue weighted by Crippen LogP contribution is -2.30. The Hall–Kier alpha value is -2.64. The minimum Gasteiger partial charge on any atom is -0.350 e. The Labute approximate surface area is 152 Å². The van der Waals surface area contributed by atoms with Gasteiger partial charge in [-0.2, -0.15) is 0 Å². The Kier molecular flexibility index (Phi) is 4.84. The molecule has 26 heavy (non-hydrogen) atoms. The highest BCUT2D eigenvalue weighted by Crippen LogP contribution is 2.22. The second-order valence-corrected chi connectivity index (χ2v) is 8.14. The van der Waals surface area contributed by atoms with Gasteiger partial charge in [0.1, 0.15) is 0 Å². The molecule has 0 atom stereocenters. The number of anilines is 1. The van der Waals surface area contributed by atoms with Crippen molar-refractivity contribution in [3.05, 3.63) is 60.3 Å². The smallest absolute Gasteiger partial charge is 0.257 e. The molecule has 136 valence electrons. The summed E-state index contributed by atoms with van der Waals surface area (Å²) >= 11 is 0. The first kappa shape index (κ1) is 18.2. The molecule has 0 aliphatic heterocycles. The van der Waals surface area contributed by atoms with Crippen LogP contribution in [0, 0.1) is 0 Å². The van der Waals surface area contributed by atoms with Crippen LogP contribution in [-0.4, -0.2) is 24.9 Å². The number of para-hydroxylation sites is 1. The standard InChI is InChI=1S/C19H21N3O3S/c1-13(2)21-26(24,25)15-10-8-14(9-11-15)20-19(23)17-12-22(3)18-7-5-4-6-16(17)18/h4-13,21H,1-3H3,(H,20,23). The lowest BCUT2D eigenvalue weighted by atomic mass is 10.1. The fourth-order valence-corrected chi connectivity index (χ4v) is 4.07. The maximum absolute atomic E-state index is 12.6. The normalized spacial score (nSPS) is 11.8. The van der Waals surface area contributed by atoms with Crippen LogP contribution in [0.15, 0.2) is 59.6 Å². The molecule has 0 fully saturated rings. The van der Waals surface area contributed by atoms with Gasteiger partial charge in [-0.3, -0.25) is 4.79 Å². The molecule has 1 heterocycles. The Balaban J connectivity index is 1.82. The number of carbonyl (C=O) groups excluding carboxylic acids is 1. The molecule has 7 heteroatoms. The van der Waals surface area contributed by atoms with E-state index in [0.29, 0.717) is 11.3 Å². The van der Waals surface area contributed by atoms with Crippen molar-refractivity contribution in [1.29, 1.82) is 0 Å². The monoisotopic (exact) mass is 371 g/mol. The number of amides is 1. The lowest BCUT2D eigenvalue weighted by Gasteiger charge is -2.10. The third kappa shape index (κ3) is 3.63. The molecule has 0 saturated heterocycles. The summed E-state index contributed by atoms with van der Waals surface area (Å²) in [5.41, 5.74) is 2.08. The Morgan fingerprint density at radius 2 is 1.69 bits per heavy atom. The Morgan fingerprint density at radius 1 is 1.04 bits per heavy atom. The van der Waals surface area contributed by atoms with Gasteiger partial charge in [0.05, 0.1) is 10.5 Å². The van der Waals surface area contributed by atoms with E-state index in [1.54, 1.807) is 32.2 Å². The van der Waals surface area contributed by atoms with Crippen LogP contribution in [0.3, 0.4) is 0 Å². The van der Waals surface area contributed by atoms with Crippen molar-refractivity contribution in [1.82, 2.24) is 9.29 Å². The molecule has 2 N–H and O–H groups in total. The van der Waals surface area contributed by atoms with E-state index in [-0.39, 0.29) is 16.8 Å². The van der Waals surface area contributed by atoms with E-state index in [4.69, 9.17) is 0 Å². The van der Waals surface area contributed by atoms with Crippen LogP contribution in [0.25, 0.3) is 10.9 Å². The maximum Gasteiger partial charge on any atom is 0.257 e. The van der Waals surface area contributed by atoms with Gasteiger partial charge in [-0.25, -0.2) is 13.1 Å². The van der Waals surface area contributed by atoms with Crippen molar-refractivity contribution in [3.63, 3.8) is 0 Å². The number of fused-ring (bicyclic) bond motifs is 1. The zero-order valence-corrected chi connectivity index (χ0v) is 15.7. The first-order chi connectivity index (χ1) is 12.3. The zero-order chi connectivity index (χ0) is 18.9. The third-order valence-corrected chi connectivity index (χ3v) is 5.63. The van der Waals surface area contributed by atoms with E-state index >= 15 is 0 Å². The number of aromatic nitrogens is 1. The molecule has 0 saturated carbocycles. The number of nitrogens with zero attached hydrogens (tertiary/aromatic N) is 1. The summed E-state index contributed by atoms with van der Waals surface area (Å²) in [6.07, 6.45) is 1.78. The van der Waals surface area contributed by atoms with Crippen LogP contribution in [0.2, 0.25) is 0 Å². The number of hydrogen-bond donors (Lipinski definition) is 2. The molecule has 0 radical (unpaired) electrons. The first-order valence-corrected chi connectivity index (χ1v) is 9.74. The quantitative estimate of drug-likeness (QED) is 0.723. The van der Waals surface area contributed by atoms with Gasteiger partial charge in [-0.1, -0.05) is 18.2 Å². The molecule has 3 aromatic rings. The molecule has 3 rings (SSSR count). The van der Waals surface area contributed by atoms with Crippen molar-refractivity contribution in [2.75, 3.05) is 5.32 Å². The van der Waals surface area contributed by atoms with Gasteiger partial charge >= 0.3 is 0 Å². The minimum atomic E-state index is -3.55. The lowest BCUT2D eigenvalue weighted by molar-refractivity contribution is 0.102. The van der Waals surface area contributed by atoms with E-state index in [9.17, 15) is 13.2 Å². The summed E-state index contributed by atoms with van der Waals surface area (Å²) in [4.78, 5) is 12.8. The summed E-state index contributed by atoms with van der Waals surface area (Å²) in [6, 6.07) is 13.6. The van der Waals surface area contributed by atoms with Gasteiger partial charge in [0.25, 0.3) is 5.91 Å². The van der Waals surface area contributed by atoms with Crippen LogP contribution >= 0.6 is 0 Å². The summed E-state index contributed by atoms with van der Waals surface area (Å²) in [5, 5.41) is 3.68. The molecular formula is C19H21N3O3S. The summed E-state index contributed by atoms with van der Waals surface area (Å²) in [7, 11) is -1.66. The number of aryl methyl sites for hydroxylation is 1. The van der Waals surface area contributed by atoms with Crippen molar-refractivity contribution in [3.8, 4) is 0 Å². The predicted molar refractivity (Wildman–Crippen MR) is 103 cm³/mol. The van der Waals surface area contributed by atoms with E-state index in [1.165, 1.54) is 12.1 Å². The highest BCUT2D eigenvalue weighted by atomic mass is 32.2. The van der Waals surface area contributed by atoms with E-state index in [2.05, 4.69) is 10.0 Å². The second kappa shape index (κ2) is 6.93. The van der Waals surface area contributed by atoms with Crippen LogP contribution in [0.4, 0.5) is 5.69 Å². The fourth-order valence-electron chi connectivity index (χ4n) is 2.82. The van der Waals surface area contributed by atoms with Gasteiger partial charge in [0, 0.05) is 35.9 Å². The molecule has 2 aromatic carbocycles. The maximum atomic E-state index is 12.6. The van der Waals surface area contributed by atoms with Crippen LogP contribution < -0.4 is 10.0 Å². The summed E-state index contributed by atoms with van der Waals surface area (Å²) < 4.78 is 28.7. The van der Waals surface area contributed by atoms with Crippen molar-refractivity contribution < 1.29 is 13.2 Å². The highest BCUT2D eigenvalue weighted by molar-refractivity contribution is 7.89. The second-order valence-electron chi connectivity index (χ2n) is 6.43. The van der Waals surface area contributed by atoms with Gasteiger partial charge in [0.2, 0.25) is 10.0 Å². The molecule has 0 unspecified atom stereocenters. The first-order valence-electron chi connectivity index (χ1n) is 8.26. The predicted octanol–water partition coefficient (Wildman–Crippen LogP) is 3.12. The van der Waals surface area contributed by atoms with Gasteiger partial charge in [-0.05, 0) is 44.2 Å². The number of carbonyl (C=O) groups is 1. The largest absolute Gasteiger partial charge is 0.350 e. The molecule has 0 spiro atoms. The number of hydrogen-bond acceptors (Lipinski definition) is 3. The van der Waals surface area contributed by atoms with E-state index in [0.717, 1.165) is 10.9 Å². The van der Waals surface area contributed by atoms with Crippen molar-refractivity contribution in [2.24, 2.45) is 7.05 Å². The molecule has 0 bridgehead atoms. The number of benzene rings is 2. The fraction of sp³-hybridized carbons (Fsp3) is 0.211. The molecule has 1 amide bonds. The van der Waals surface area contributed by atoms with Gasteiger partial charge < -0.3 is 9.88 Å². The Bertz CT molecular complexity index is 1050. The SMILES string of the molecule is CC(C)NS(=O)(=O)c1ccc(NC(=O)c2cn(C)c3ccccc23)cc1. The Morgan fingerprint density at radius 3 is 2.35 bits per heavy atom. The third-order valence-electron chi connectivity index (χ3n) is 3.95. The zero-order valence-electron chi connectivity index (χ0n) is 14.9. The van der Waals surface area contributed by atoms with Crippen LogP contribution in [0.1, 0.15) is 24.2 Å². The molecular weight excluding hydrogens is 350 g/mol. The topological polar surface area (TPSA) is 80.2 Å². The van der Waals surface area contributed by atoms with Crippen molar-refractivity contribution >= 4 is 32.5 Å². The number of nitrogens with one attached hydrogen (secondary N) is 2. The molecule has 0 aliphatic carbocycles. The van der Waals surface area contributed by atoms with Crippen LogP contribution in [-0.2, 0) is 17.1 Å².